The number of nitrogens with one attached hydrogen (secondary N) is 1. The van der Waals surface area contributed by atoms with E-state index in [1.807, 2.05) is 5.32 Å². The Morgan fingerprint density at radius 1 is 1.12 bits per heavy atom. The fourth-order valence-electron chi connectivity index (χ4n) is 2.74. The van der Waals surface area contributed by atoms with E-state index in [1.165, 1.54) is 44.2 Å². The Morgan fingerprint density at radius 2 is 1.83 bits per heavy atom. The average Bonchev–Trinajstić information content (AvgIpc) is 2.65. The summed E-state index contributed by atoms with van der Waals surface area (Å²) < 4.78 is 11.2. The van der Waals surface area contributed by atoms with Crippen molar-refractivity contribution in [3.05, 3.63) is 54.2 Å². The Labute approximate surface area is 140 Å². The van der Waals surface area contributed by atoms with Gasteiger partial charge in [-0.2, -0.15) is 0 Å². The third-order valence-corrected chi connectivity index (χ3v) is 3.92. The molecule has 1 aromatic carbocycles. The number of benzene rings is 1. The van der Waals surface area contributed by atoms with Crippen LogP contribution in [0.3, 0.4) is 0 Å². The van der Waals surface area contributed by atoms with Gasteiger partial charge in [0.2, 0.25) is 0 Å². The van der Waals surface area contributed by atoms with Gasteiger partial charge in [0.05, 0.1) is 6.20 Å². The molecule has 0 spiro atoms. The first kappa shape index (κ1) is 17.7. The first-order valence-corrected chi connectivity index (χ1v) is 7.98. The van der Waals surface area contributed by atoms with Crippen molar-refractivity contribution in [3.63, 3.8) is 0 Å². The van der Waals surface area contributed by atoms with E-state index >= 15 is 0 Å². The van der Waals surface area contributed by atoms with Crippen molar-refractivity contribution in [1.29, 1.82) is 0 Å². The van der Waals surface area contributed by atoms with Crippen molar-refractivity contribution in [2.75, 3.05) is 5.32 Å². The first-order valence-electron chi connectivity index (χ1n) is 7.98. The quantitative estimate of drug-likeness (QED) is 0.816. The van der Waals surface area contributed by atoms with Crippen LogP contribution in [0.15, 0.2) is 48.7 Å². The molecule has 1 fully saturated rings. The van der Waals surface area contributed by atoms with Gasteiger partial charge in [-0.05, 0) is 36.5 Å². The van der Waals surface area contributed by atoms with E-state index in [0.29, 0.717) is 0 Å². The van der Waals surface area contributed by atoms with Gasteiger partial charge in [-0.15, -0.1) is 0 Å². The number of pyridine rings is 1. The van der Waals surface area contributed by atoms with Gasteiger partial charge in [0.1, 0.15) is 11.6 Å². The van der Waals surface area contributed by atoms with Crippen LogP contribution in [0, 0.1) is 0 Å². The van der Waals surface area contributed by atoms with E-state index in [1.54, 1.807) is 5.56 Å². The average molecular weight is 332 g/mol. The van der Waals surface area contributed by atoms with E-state index in [2.05, 4.69) is 40.3 Å². The molecule has 0 aliphatic heterocycles. The van der Waals surface area contributed by atoms with Gasteiger partial charge < -0.3 is 5.11 Å². The Kier molecular flexibility index (Phi) is 7.01. The number of aromatic hydroxyl groups is 1. The molecule has 3 rings (SSSR count). The summed E-state index contributed by atoms with van der Waals surface area (Å²) in [6, 6.07) is 13.6. The van der Waals surface area contributed by atoms with Crippen LogP contribution in [-0.2, 0) is 4.94 Å². The molecular weight excluding hydrogens is 311 g/mol. The molecular formula is C18H21FN2O3. The molecule has 1 aromatic heterocycles. The van der Waals surface area contributed by atoms with Gasteiger partial charge in [-0.25, -0.2) is 14.7 Å². The van der Waals surface area contributed by atoms with Crippen molar-refractivity contribution >= 4 is 11.9 Å². The number of carbonyl (C=O) groups is 1. The number of anilines is 1. The lowest BCUT2D eigenvalue weighted by Gasteiger charge is -2.21. The second kappa shape index (κ2) is 9.50. The molecule has 1 aliphatic carbocycles. The topological polar surface area (TPSA) is 71.5 Å². The zero-order chi connectivity index (χ0) is 17.2. The number of nitrogens with zero attached hydrogens (tertiary/aromatic N) is 1. The molecule has 2 aromatic rings. The number of rotatable bonds is 2. The minimum absolute atomic E-state index is 0.0471. The maximum absolute atomic E-state index is 11.2. The van der Waals surface area contributed by atoms with E-state index in [0.717, 1.165) is 12.1 Å². The normalized spacial score (nSPS) is 14.2. The monoisotopic (exact) mass is 332 g/mol. The molecule has 5 nitrogen and oxygen atoms in total. The van der Waals surface area contributed by atoms with E-state index < -0.39 is 6.09 Å². The molecule has 128 valence electrons. The smallest absolute Gasteiger partial charge is 0.450 e. The highest BCUT2D eigenvalue weighted by atomic mass is 19.3. The number of halogens is 1. The molecule has 0 bridgehead atoms. The predicted molar refractivity (Wildman–Crippen MR) is 89.4 cm³/mol. The van der Waals surface area contributed by atoms with Crippen LogP contribution in [0.25, 0.3) is 0 Å². The maximum atomic E-state index is 11.2. The van der Waals surface area contributed by atoms with Crippen molar-refractivity contribution in [2.45, 2.75) is 38.0 Å². The second-order valence-corrected chi connectivity index (χ2v) is 5.64. The molecule has 1 heterocycles. The Balaban J connectivity index is 0.000000174. The summed E-state index contributed by atoms with van der Waals surface area (Å²) in [7, 11) is 0. The third-order valence-electron chi connectivity index (χ3n) is 3.92. The van der Waals surface area contributed by atoms with Crippen molar-refractivity contribution in [3.8, 4) is 5.75 Å². The highest BCUT2D eigenvalue weighted by molar-refractivity contribution is 5.82. The first-order chi connectivity index (χ1) is 11.7. The molecule has 6 heteroatoms. The molecule has 1 saturated carbocycles. The molecule has 1 aliphatic rings. The zero-order valence-corrected chi connectivity index (χ0v) is 13.3. The second-order valence-electron chi connectivity index (χ2n) is 5.64. The van der Waals surface area contributed by atoms with E-state index in [4.69, 9.17) is 5.11 Å². The molecule has 0 radical (unpaired) electrons. The van der Waals surface area contributed by atoms with Gasteiger partial charge in [0.15, 0.2) is 0 Å². The number of carbonyl (C=O) groups excluding carboxylic acids is 1. The Morgan fingerprint density at radius 3 is 2.42 bits per heavy atom. The molecule has 24 heavy (non-hydrogen) atoms. The SMILES string of the molecule is O=C(Nc1ccc(O)cn1)OF.c1ccc(C2CCCCC2)cc1. The number of hydrogen-bond donors (Lipinski definition) is 2. The van der Waals surface area contributed by atoms with Crippen LogP contribution in [0.2, 0.25) is 0 Å². The lowest BCUT2D eigenvalue weighted by Crippen LogP contribution is -2.09. The predicted octanol–water partition coefficient (Wildman–Crippen LogP) is 4.95. The van der Waals surface area contributed by atoms with Crippen LogP contribution >= 0.6 is 0 Å². The van der Waals surface area contributed by atoms with Crippen LogP contribution < -0.4 is 5.32 Å². The lowest BCUT2D eigenvalue weighted by atomic mass is 9.84. The summed E-state index contributed by atoms with van der Waals surface area (Å²) in [4.78, 5) is 16.6. The molecule has 1 amide bonds. The van der Waals surface area contributed by atoms with Gasteiger partial charge >= 0.3 is 6.09 Å². The summed E-state index contributed by atoms with van der Waals surface area (Å²) in [5.74, 6) is 0.907. The molecule has 2 N–H and O–H groups in total. The van der Waals surface area contributed by atoms with Crippen LogP contribution in [0.5, 0.6) is 5.75 Å². The zero-order valence-electron chi connectivity index (χ0n) is 13.3. The van der Waals surface area contributed by atoms with Crippen LogP contribution in [0.4, 0.5) is 15.1 Å². The van der Waals surface area contributed by atoms with Gasteiger partial charge in [0.25, 0.3) is 0 Å². The minimum Gasteiger partial charge on any atom is -0.506 e. The van der Waals surface area contributed by atoms with Crippen molar-refractivity contribution in [1.82, 2.24) is 4.98 Å². The fraction of sp³-hybridized carbons (Fsp3) is 0.333. The van der Waals surface area contributed by atoms with Gasteiger partial charge in [0, 0.05) is 4.53 Å². The van der Waals surface area contributed by atoms with Gasteiger partial charge in [-0.1, -0.05) is 49.6 Å². The van der Waals surface area contributed by atoms with Crippen LogP contribution in [0.1, 0.15) is 43.6 Å². The molecule has 0 unspecified atom stereocenters. The minimum atomic E-state index is -1.26. The van der Waals surface area contributed by atoms with Crippen molar-refractivity contribution in [2.24, 2.45) is 0 Å². The van der Waals surface area contributed by atoms with Crippen molar-refractivity contribution < 1.29 is 19.4 Å². The van der Waals surface area contributed by atoms with E-state index in [-0.39, 0.29) is 11.6 Å². The number of hydrogen-bond acceptors (Lipinski definition) is 4. The summed E-state index contributed by atoms with van der Waals surface area (Å²) in [6.07, 6.45) is 6.97. The summed E-state index contributed by atoms with van der Waals surface area (Å²) >= 11 is 0. The fourth-order valence-corrected chi connectivity index (χ4v) is 2.74. The highest BCUT2D eigenvalue weighted by Crippen LogP contribution is 2.32. The maximum Gasteiger partial charge on any atom is 0.450 e. The summed E-state index contributed by atoms with van der Waals surface area (Å²) in [5, 5.41) is 10.7. The standard InChI is InChI=1S/C12H16.C6H5FN2O3/c1-3-7-11(8-4-1)12-9-5-2-6-10-12;7-12-6(11)9-5-2-1-4(10)3-8-5/h1,3-4,7-8,12H,2,5-6,9-10H2;1-3,10H,(H,8,9,11). The van der Waals surface area contributed by atoms with Gasteiger partial charge in [-0.3, -0.25) is 5.32 Å². The number of aromatic nitrogens is 1. The third kappa shape index (κ3) is 5.87. The molecule has 0 saturated heterocycles. The highest BCUT2D eigenvalue weighted by Gasteiger charge is 2.14. The molecule has 0 atom stereocenters. The summed E-state index contributed by atoms with van der Waals surface area (Å²) in [5.41, 5.74) is 1.55. The largest absolute Gasteiger partial charge is 0.506 e. The van der Waals surface area contributed by atoms with E-state index in [9.17, 15) is 9.32 Å². The Bertz CT molecular complexity index is 614. The van der Waals surface area contributed by atoms with Crippen LogP contribution in [-0.4, -0.2) is 16.2 Å². The lowest BCUT2D eigenvalue weighted by molar-refractivity contribution is -0.0544. The Hall–Kier alpha value is -2.63. The number of amides is 1. The summed E-state index contributed by atoms with van der Waals surface area (Å²) in [6.45, 7) is 0.